The van der Waals surface area contributed by atoms with Crippen molar-refractivity contribution >= 4 is 53.6 Å². The molecule has 0 unspecified atom stereocenters. The van der Waals surface area contributed by atoms with Crippen molar-refractivity contribution < 1.29 is 0 Å². The summed E-state index contributed by atoms with van der Waals surface area (Å²) in [5.74, 6) is 0.945. The number of nitrogen functional groups attached to an aromatic ring is 1. The lowest BCUT2D eigenvalue weighted by molar-refractivity contribution is 0.987. The Morgan fingerprint density at radius 3 is 2.56 bits per heavy atom. The molecule has 2 aromatic rings. The highest BCUT2D eigenvalue weighted by Gasteiger charge is 2.13. The number of hydrogen-bond donors (Lipinski definition) is 1. The van der Waals surface area contributed by atoms with Gasteiger partial charge in [-0.3, -0.25) is 4.98 Å². The van der Waals surface area contributed by atoms with E-state index in [1.807, 2.05) is 13.0 Å². The molecule has 0 atom stereocenters. The second kappa shape index (κ2) is 5.63. The van der Waals surface area contributed by atoms with Crippen LogP contribution >= 0.6 is 47.8 Å². The molecule has 0 fully saturated rings. The number of nitrogens with zero attached hydrogens (tertiary/aromatic N) is 3. The van der Waals surface area contributed by atoms with E-state index in [1.165, 1.54) is 0 Å². The lowest BCUT2D eigenvalue weighted by atomic mass is 10.3. The highest BCUT2D eigenvalue weighted by molar-refractivity contribution is 9.11. The topological polar surface area (TPSA) is 64.7 Å². The summed E-state index contributed by atoms with van der Waals surface area (Å²) in [6.45, 7) is 2.01. The summed E-state index contributed by atoms with van der Waals surface area (Å²) in [5.41, 5.74) is 7.41. The van der Waals surface area contributed by atoms with Gasteiger partial charge in [0.15, 0.2) is 5.82 Å². The van der Waals surface area contributed by atoms with Crippen molar-refractivity contribution in [2.45, 2.75) is 13.3 Å². The van der Waals surface area contributed by atoms with E-state index in [4.69, 9.17) is 5.73 Å². The van der Waals surface area contributed by atoms with Gasteiger partial charge in [-0.05, 0) is 60.3 Å². The van der Waals surface area contributed by atoms with Crippen LogP contribution in [0.4, 0.5) is 5.82 Å². The second-order valence-corrected chi connectivity index (χ2v) is 6.09. The molecule has 0 aromatic carbocycles. The Morgan fingerprint density at radius 1 is 1.22 bits per heavy atom. The monoisotopic (exact) mass is 434 g/mol. The summed E-state index contributed by atoms with van der Waals surface area (Å²) in [5, 5.41) is 0. The van der Waals surface area contributed by atoms with Crippen LogP contribution in [-0.2, 0) is 6.42 Å². The minimum atomic E-state index is 0.425. The third kappa shape index (κ3) is 2.73. The maximum atomic E-state index is 5.86. The molecule has 2 heterocycles. The molecule has 2 N–H and O–H groups in total. The molecular weight excluding hydrogens is 428 g/mol. The first-order valence-corrected chi connectivity index (χ1v) is 7.54. The van der Waals surface area contributed by atoms with E-state index in [0.29, 0.717) is 17.3 Å². The van der Waals surface area contributed by atoms with E-state index in [2.05, 4.69) is 62.7 Å². The van der Waals surface area contributed by atoms with Crippen molar-refractivity contribution in [2.75, 3.05) is 5.73 Å². The number of halogens is 3. The van der Waals surface area contributed by atoms with Gasteiger partial charge in [0.25, 0.3) is 0 Å². The Morgan fingerprint density at radius 2 is 1.94 bits per heavy atom. The van der Waals surface area contributed by atoms with Crippen LogP contribution in [-0.4, -0.2) is 15.0 Å². The zero-order valence-corrected chi connectivity index (χ0v) is 14.2. The molecule has 0 saturated carbocycles. The fraction of sp³-hybridized carbons (Fsp3) is 0.182. The third-order valence-electron chi connectivity index (χ3n) is 2.30. The minimum Gasteiger partial charge on any atom is -0.383 e. The van der Waals surface area contributed by atoms with Gasteiger partial charge in [-0.25, -0.2) is 9.97 Å². The van der Waals surface area contributed by atoms with Gasteiger partial charge in [-0.2, -0.15) is 0 Å². The lowest BCUT2D eigenvalue weighted by Gasteiger charge is -2.08. The van der Waals surface area contributed by atoms with Gasteiger partial charge in [0.1, 0.15) is 11.5 Å². The summed E-state index contributed by atoms with van der Waals surface area (Å²) in [6.07, 6.45) is 2.47. The first kappa shape index (κ1) is 13.9. The molecule has 0 spiro atoms. The standard InChI is InChI=1S/C11H9Br3N4/c1-2-7-8(14)10(15)18-11(17-7)9-6(13)3-5(12)4-16-9/h3-4H,2H2,1H3,(H2,15,17,18). The normalized spacial score (nSPS) is 10.7. The summed E-state index contributed by atoms with van der Waals surface area (Å²) >= 11 is 10.2. The largest absolute Gasteiger partial charge is 0.383 e. The molecule has 7 heteroatoms. The Balaban J connectivity index is 2.60. The average Bonchev–Trinajstić information content (AvgIpc) is 2.32. The molecule has 0 amide bonds. The van der Waals surface area contributed by atoms with Crippen molar-refractivity contribution in [1.29, 1.82) is 0 Å². The van der Waals surface area contributed by atoms with Gasteiger partial charge in [-0.1, -0.05) is 6.92 Å². The maximum Gasteiger partial charge on any atom is 0.181 e. The molecule has 0 bridgehead atoms. The van der Waals surface area contributed by atoms with Gasteiger partial charge >= 0.3 is 0 Å². The molecule has 0 saturated heterocycles. The Hall–Kier alpha value is -0.530. The fourth-order valence-electron chi connectivity index (χ4n) is 1.43. The molecular formula is C11H9Br3N4. The predicted molar refractivity (Wildman–Crippen MR) is 82.2 cm³/mol. The van der Waals surface area contributed by atoms with E-state index in [9.17, 15) is 0 Å². The zero-order valence-electron chi connectivity index (χ0n) is 9.41. The molecule has 0 aliphatic heterocycles. The molecule has 94 valence electrons. The van der Waals surface area contributed by atoms with Crippen LogP contribution in [0.15, 0.2) is 25.7 Å². The van der Waals surface area contributed by atoms with Crippen LogP contribution in [0, 0.1) is 0 Å². The first-order valence-electron chi connectivity index (χ1n) is 5.16. The number of rotatable bonds is 2. The van der Waals surface area contributed by atoms with Gasteiger partial charge in [0, 0.05) is 15.1 Å². The summed E-state index contributed by atoms with van der Waals surface area (Å²) in [6, 6.07) is 1.90. The average molecular weight is 437 g/mol. The van der Waals surface area contributed by atoms with Crippen LogP contribution in [0.2, 0.25) is 0 Å². The van der Waals surface area contributed by atoms with Gasteiger partial charge in [0.05, 0.1) is 10.2 Å². The summed E-state index contributed by atoms with van der Waals surface area (Å²) in [7, 11) is 0. The quantitative estimate of drug-likeness (QED) is 0.773. The summed E-state index contributed by atoms with van der Waals surface area (Å²) in [4.78, 5) is 13.0. The van der Waals surface area contributed by atoms with Gasteiger partial charge < -0.3 is 5.73 Å². The second-order valence-electron chi connectivity index (χ2n) is 3.53. The van der Waals surface area contributed by atoms with Crippen molar-refractivity contribution in [3.63, 3.8) is 0 Å². The predicted octanol–water partition coefficient (Wildman–Crippen LogP) is 3.97. The maximum absolute atomic E-state index is 5.86. The van der Waals surface area contributed by atoms with Crippen molar-refractivity contribution in [3.8, 4) is 11.5 Å². The highest BCUT2D eigenvalue weighted by Crippen LogP contribution is 2.29. The molecule has 0 radical (unpaired) electrons. The van der Waals surface area contributed by atoms with Gasteiger partial charge in [0.2, 0.25) is 0 Å². The van der Waals surface area contributed by atoms with Crippen LogP contribution in [0.5, 0.6) is 0 Å². The first-order chi connectivity index (χ1) is 8.52. The number of pyridine rings is 1. The van der Waals surface area contributed by atoms with Crippen molar-refractivity contribution in [1.82, 2.24) is 15.0 Å². The number of hydrogen-bond acceptors (Lipinski definition) is 4. The molecule has 2 rings (SSSR count). The third-order valence-corrected chi connectivity index (χ3v) is 4.20. The van der Waals surface area contributed by atoms with E-state index in [1.54, 1.807) is 6.20 Å². The van der Waals surface area contributed by atoms with E-state index >= 15 is 0 Å². The van der Waals surface area contributed by atoms with Gasteiger partial charge in [-0.15, -0.1) is 0 Å². The van der Waals surface area contributed by atoms with E-state index < -0.39 is 0 Å². The fourth-order valence-corrected chi connectivity index (χ4v) is 3.05. The molecule has 18 heavy (non-hydrogen) atoms. The summed E-state index contributed by atoms with van der Waals surface area (Å²) < 4.78 is 2.46. The number of aryl methyl sites for hydroxylation is 1. The lowest BCUT2D eigenvalue weighted by Crippen LogP contribution is -2.03. The van der Waals surface area contributed by atoms with Crippen LogP contribution in [0.1, 0.15) is 12.6 Å². The van der Waals surface area contributed by atoms with E-state index in [0.717, 1.165) is 25.5 Å². The minimum absolute atomic E-state index is 0.425. The Bertz CT molecular complexity index is 601. The Kier molecular flexibility index (Phi) is 4.34. The Labute approximate surface area is 130 Å². The van der Waals surface area contributed by atoms with Crippen LogP contribution in [0.25, 0.3) is 11.5 Å². The zero-order chi connectivity index (χ0) is 13.3. The molecule has 0 aliphatic rings. The molecule has 4 nitrogen and oxygen atoms in total. The van der Waals surface area contributed by atoms with Crippen LogP contribution in [0.3, 0.4) is 0 Å². The number of aromatic nitrogens is 3. The highest BCUT2D eigenvalue weighted by atomic mass is 79.9. The molecule has 2 aromatic heterocycles. The van der Waals surface area contributed by atoms with Crippen molar-refractivity contribution in [3.05, 3.63) is 31.4 Å². The van der Waals surface area contributed by atoms with Crippen LogP contribution < -0.4 is 5.73 Å². The SMILES string of the molecule is CCc1nc(-c2ncc(Br)cc2Br)nc(N)c1Br. The van der Waals surface area contributed by atoms with E-state index in [-0.39, 0.29) is 0 Å². The molecule has 0 aliphatic carbocycles. The number of anilines is 1. The van der Waals surface area contributed by atoms with Crippen molar-refractivity contribution in [2.24, 2.45) is 0 Å². The smallest absolute Gasteiger partial charge is 0.181 e. The number of nitrogens with two attached hydrogens (primary N) is 1.